The third-order valence-electron chi connectivity index (χ3n) is 4.43. The Bertz CT molecular complexity index is 859. The number of aliphatic imine (C=N–C) groups is 1. The lowest BCUT2D eigenvalue weighted by Crippen LogP contribution is -2.38. The van der Waals surface area contributed by atoms with Gasteiger partial charge in [-0.3, -0.25) is 4.68 Å². The summed E-state index contributed by atoms with van der Waals surface area (Å²) in [5, 5.41) is 11.4. The lowest BCUT2D eigenvalue weighted by molar-refractivity contribution is 0.506. The van der Waals surface area contributed by atoms with E-state index >= 15 is 0 Å². The second-order valence-corrected chi connectivity index (χ2v) is 6.74. The number of hydrogen-bond donors (Lipinski definition) is 2. The fourth-order valence-electron chi connectivity index (χ4n) is 2.97. The van der Waals surface area contributed by atoms with E-state index in [4.69, 9.17) is 9.41 Å². The Morgan fingerprint density at radius 3 is 2.62 bits per heavy atom. The Morgan fingerprint density at radius 1 is 1.10 bits per heavy atom. The fourth-order valence-corrected chi connectivity index (χ4v) is 2.97. The van der Waals surface area contributed by atoms with Crippen molar-refractivity contribution in [2.75, 3.05) is 13.1 Å². The Balaban J connectivity index is 0.00000300. The molecule has 0 saturated carbocycles. The van der Waals surface area contributed by atoms with E-state index in [1.54, 1.807) is 6.26 Å². The normalized spacial score (nSPS) is 11.2. The van der Waals surface area contributed by atoms with Crippen molar-refractivity contribution in [1.29, 1.82) is 0 Å². The van der Waals surface area contributed by atoms with Crippen LogP contribution in [0.25, 0.3) is 11.3 Å². The van der Waals surface area contributed by atoms with Crippen LogP contribution in [-0.2, 0) is 20.0 Å². The van der Waals surface area contributed by atoms with Crippen LogP contribution in [0, 0.1) is 0 Å². The highest BCUT2D eigenvalue weighted by Crippen LogP contribution is 2.22. The van der Waals surface area contributed by atoms with Crippen LogP contribution in [-0.4, -0.2) is 28.8 Å². The van der Waals surface area contributed by atoms with Gasteiger partial charge < -0.3 is 15.1 Å². The molecule has 156 valence electrons. The molecule has 2 N–H and O–H groups in total. The summed E-state index contributed by atoms with van der Waals surface area (Å²) in [6.07, 6.45) is 6.83. The quantitative estimate of drug-likeness (QED) is 0.195. The van der Waals surface area contributed by atoms with Gasteiger partial charge in [0.15, 0.2) is 5.96 Å². The first-order valence-electron chi connectivity index (χ1n) is 9.88. The second-order valence-electron chi connectivity index (χ2n) is 6.74. The van der Waals surface area contributed by atoms with Crippen molar-refractivity contribution in [3.8, 4) is 11.3 Å². The molecule has 0 aliphatic rings. The first-order valence-corrected chi connectivity index (χ1v) is 9.88. The number of nitrogens with zero attached hydrogens (tertiary/aromatic N) is 3. The van der Waals surface area contributed by atoms with Gasteiger partial charge in [0.1, 0.15) is 5.76 Å². The van der Waals surface area contributed by atoms with Crippen molar-refractivity contribution >= 4 is 29.9 Å². The van der Waals surface area contributed by atoms with Gasteiger partial charge in [0.05, 0.1) is 18.5 Å². The van der Waals surface area contributed by atoms with E-state index in [9.17, 15) is 0 Å². The van der Waals surface area contributed by atoms with Gasteiger partial charge in [-0.15, -0.1) is 24.0 Å². The molecule has 0 aliphatic heterocycles. The lowest BCUT2D eigenvalue weighted by Gasteiger charge is -2.12. The molecule has 0 saturated heterocycles. The van der Waals surface area contributed by atoms with Crippen molar-refractivity contribution < 1.29 is 4.42 Å². The standard InChI is InChI=1S/C22H29N5O.HI/c1-3-4-13-23-22(24-14-12-20-11-8-15-28-20)25-16-19-17-27(2)26-21(19)18-9-6-5-7-10-18;/h5-11,15,17H,3-4,12-14,16H2,1-2H3,(H2,23,24,25);1H. The van der Waals surface area contributed by atoms with Crippen LogP contribution < -0.4 is 10.6 Å². The van der Waals surface area contributed by atoms with Gasteiger partial charge in [-0.05, 0) is 18.6 Å². The minimum Gasteiger partial charge on any atom is -0.469 e. The Morgan fingerprint density at radius 2 is 1.90 bits per heavy atom. The Hall–Kier alpha value is -2.29. The summed E-state index contributed by atoms with van der Waals surface area (Å²) in [6, 6.07) is 14.1. The highest BCUT2D eigenvalue weighted by Gasteiger charge is 2.10. The molecule has 29 heavy (non-hydrogen) atoms. The number of guanidine groups is 1. The SMILES string of the molecule is CCCCNC(=NCc1cn(C)nc1-c1ccccc1)NCCc1ccco1.I. The number of hydrogen-bond acceptors (Lipinski definition) is 3. The predicted molar refractivity (Wildman–Crippen MR) is 129 cm³/mol. The maximum Gasteiger partial charge on any atom is 0.191 e. The van der Waals surface area contributed by atoms with Gasteiger partial charge in [0.2, 0.25) is 0 Å². The molecule has 0 radical (unpaired) electrons. The third kappa shape index (κ3) is 7.23. The molecule has 3 aromatic rings. The molecule has 2 aromatic heterocycles. The van der Waals surface area contributed by atoms with Crippen LogP contribution in [0.3, 0.4) is 0 Å². The van der Waals surface area contributed by atoms with Crippen molar-refractivity contribution in [2.45, 2.75) is 32.7 Å². The van der Waals surface area contributed by atoms with Crippen LogP contribution in [0.2, 0.25) is 0 Å². The van der Waals surface area contributed by atoms with E-state index in [-0.39, 0.29) is 24.0 Å². The summed E-state index contributed by atoms with van der Waals surface area (Å²) >= 11 is 0. The van der Waals surface area contributed by atoms with Crippen molar-refractivity contribution in [3.63, 3.8) is 0 Å². The van der Waals surface area contributed by atoms with Gasteiger partial charge >= 0.3 is 0 Å². The van der Waals surface area contributed by atoms with E-state index in [0.717, 1.165) is 60.9 Å². The zero-order chi connectivity index (χ0) is 19.6. The number of rotatable bonds is 9. The van der Waals surface area contributed by atoms with Gasteiger partial charge in [0, 0.05) is 43.9 Å². The smallest absolute Gasteiger partial charge is 0.191 e. The molecular formula is C22H30IN5O. The number of benzene rings is 1. The summed E-state index contributed by atoms with van der Waals surface area (Å²) in [5.41, 5.74) is 3.20. The van der Waals surface area contributed by atoms with Crippen molar-refractivity contribution in [1.82, 2.24) is 20.4 Å². The molecule has 0 spiro atoms. The van der Waals surface area contributed by atoms with Crippen LogP contribution in [0.15, 0.2) is 64.3 Å². The number of unbranched alkanes of at least 4 members (excludes halogenated alkanes) is 1. The summed E-state index contributed by atoms with van der Waals surface area (Å²) in [4.78, 5) is 4.79. The fraction of sp³-hybridized carbons (Fsp3) is 0.364. The molecule has 0 amide bonds. The van der Waals surface area contributed by atoms with Crippen LogP contribution >= 0.6 is 24.0 Å². The summed E-state index contributed by atoms with van der Waals surface area (Å²) in [7, 11) is 1.95. The minimum absolute atomic E-state index is 0. The predicted octanol–water partition coefficient (Wildman–Crippen LogP) is 4.38. The number of furan rings is 1. The highest BCUT2D eigenvalue weighted by molar-refractivity contribution is 14.0. The Kier molecular flexibility index (Phi) is 9.76. The Labute approximate surface area is 189 Å². The number of aromatic nitrogens is 2. The monoisotopic (exact) mass is 507 g/mol. The molecule has 0 atom stereocenters. The molecule has 2 heterocycles. The molecule has 1 aromatic carbocycles. The largest absolute Gasteiger partial charge is 0.469 e. The third-order valence-corrected chi connectivity index (χ3v) is 4.43. The highest BCUT2D eigenvalue weighted by atomic mass is 127. The van der Waals surface area contributed by atoms with Crippen molar-refractivity contribution in [2.24, 2.45) is 12.0 Å². The van der Waals surface area contributed by atoms with E-state index in [1.807, 2.05) is 48.3 Å². The molecule has 6 nitrogen and oxygen atoms in total. The average molecular weight is 507 g/mol. The average Bonchev–Trinajstić information content (AvgIpc) is 3.36. The van der Waals surface area contributed by atoms with E-state index in [1.165, 1.54) is 0 Å². The summed E-state index contributed by atoms with van der Waals surface area (Å²) < 4.78 is 7.25. The van der Waals surface area contributed by atoms with E-state index in [2.05, 4.69) is 34.8 Å². The number of aryl methyl sites for hydroxylation is 1. The van der Waals surface area contributed by atoms with E-state index in [0.29, 0.717) is 6.54 Å². The van der Waals surface area contributed by atoms with Crippen LogP contribution in [0.5, 0.6) is 0 Å². The van der Waals surface area contributed by atoms with Crippen LogP contribution in [0.1, 0.15) is 31.1 Å². The summed E-state index contributed by atoms with van der Waals surface area (Å²) in [6.45, 7) is 4.43. The zero-order valence-electron chi connectivity index (χ0n) is 17.1. The molecule has 0 bridgehead atoms. The first-order chi connectivity index (χ1) is 13.8. The first kappa shape index (κ1) is 23.0. The topological polar surface area (TPSA) is 67.4 Å². The lowest BCUT2D eigenvalue weighted by atomic mass is 10.1. The molecule has 3 rings (SSSR count). The zero-order valence-corrected chi connectivity index (χ0v) is 19.4. The summed E-state index contributed by atoms with van der Waals surface area (Å²) in [5.74, 6) is 1.79. The van der Waals surface area contributed by atoms with Gasteiger partial charge in [-0.25, -0.2) is 4.99 Å². The van der Waals surface area contributed by atoms with Gasteiger partial charge in [-0.1, -0.05) is 43.7 Å². The van der Waals surface area contributed by atoms with Gasteiger partial charge in [-0.2, -0.15) is 5.10 Å². The maximum atomic E-state index is 5.40. The molecule has 7 heteroatoms. The van der Waals surface area contributed by atoms with Gasteiger partial charge in [0.25, 0.3) is 0 Å². The maximum absolute atomic E-state index is 5.40. The van der Waals surface area contributed by atoms with Crippen molar-refractivity contribution in [3.05, 3.63) is 66.2 Å². The molecule has 0 fully saturated rings. The molecular weight excluding hydrogens is 477 g/mol. The molecule has 0 unspecified atom stereocenters. The number of halogens is 1. The van der Waals surface area contributed by atoms with Crippen LogP contribution in [0.4, 0.5) is 0 Å². The minimum atomic E-state index is 0. The second kappa shape index (κ2) is 12.3. The molecule has 0 aliphatic carbocycles. The number of nitrogens with one attached hydrogen (secondary N) is 2. The van der Waals surface area contributed by atoms with E-state index < -0.39 is 0 Å².